The van der Waals surface area contributed by atoms with Gasteiger partial charge in [0.1, 0.15) is 4.88 Å². The molecule has 0 saturated carbocycles. The maximum Gasteiger partial charge on any atom is 0.407 e. The molecule has 0 bridgehead atoms. The Labute approximate surface area is 167 Å². The Kier molecular flexibility index (Phi) is 5.29. The summed E-state index contributed by atoms with van der Waals surface area (Å²) in [7, 11) is 0. The highest BCUT2D eigenvalue weighted by Gasteiger charge is 2.33. The summed E-state index contributed by atoms with van der Waals surface area (Å²) in [5.41, 5.74) is 3.59. The molecule has 0 aliphatic carbocycles. The molecule has 0 atom stereocenters. The minimum absolute atomic E-state index is 0.0893. The molecular weight excluding hydrogens is 376 g/mol. The van der Waals surface area contributed by atoms with Crippen LogP contribution in [0.15, 0.2) is 47.7 Å². The van der Waals surface area contributed by atoms with Crippen molar-refractivity contribution < 1.29 is 14.7 Å². The first-order valence-corrected chi connectivity index (χ1v) is 10.1. The third-order valence-electron chi connectivity index (χ3n) is 5.06. The number of hydrogen-bond donors (Lipinski definition) is 2. The van der Waals surface area contributed by atoms with E-state index in [0.717, 1.165) is 29.1 Å². The second-order valence-electron chi connectivity index (χ2n) is 7.05. The fourth-order valence-electron chi connectivity index (χ4n) is 3.59. The van der Waals surface area contributed by atoms with Crippen LogP contribution in [0.25, 0.3) is 0 Å². The Morgan fingerprint density at radius 3 is 2.50 bits per heavy atom. The van der Waals surface area contributed by atoms with Gasteiger partial charge in [0.25, 0.3) is 5.91 Å². The van der Waals surface area contributed by atoms with Gasteiger partial charge in [0, 0.05) is 32.7 Å². The molecule has 8 heteroatoms. The average Bonchev–Trinajstić information content (AvgIpc) is 3.39. The van der Waals surface area contributed by atoms with E-state index in [2.05, 4.69) is 27.3 Å². The first-order chi connectivity index (χ1) is 13.6. The number of nitrogens with one attached hydrogen (secondary N) is 1. The van der Waals surface area contributed by atoms with E-state index in [1.54, 1.807) is 6.20 Å². The molecule has 1 aromatic heterocycles. The summed E-state index contributed by atoms with van der Waals surface area (Å²) in [6, 6.07) is 10.2. The molecule has 28 heavy (non-hydrogen) atoms. The molecule has 0 radical (unpaired) electrons. The van der Waals surface area contributed by atoms with Crippen LogP contribution in [0.4, 0.5) is 9.93 Å². The van der Waals surface area contributed by atoms with Crippen LogP contribution in [-0.4, -0.2) is 59.7 Å². The van der Waals surface area contributed by atoms with Crippen LogP contribution in [0, 0.1) is 0 Å². The molecule has 2 aliphatic rings. The number of rotatable bonds is 6. The van der Waals surface area contributed by atoms with Crippen LogP contribution in [0.1, 0.15) is 21.7 Å². The highest BCUT2D eigenvalue weighted by molar-refractivity contribution is 7.17. The van der Waals surface area contributed by atoms with Crippen LogP contribution < -0.4 is 10.2 Å². The molecule has 0 spiro atoms. The number of thiazole rings is 1. The number of aryl methyl sites for hydroxylation is 1. The van der Waals surface area contributed by atoms with E-state index in [9.17, 15) is 9.59 Å². The summed E-state index contributed by atoms with van der Waals surface area (Å²) in [6.45, 7) is 2.95. The van der Waals surface area contributed by atoms with Gasteiger partial charge in [-0.15, -0.1) is 0 Å². The molecule has 1 aromatic carbocycles. The average molecular weight is 398 g/mol. The fourth-order valence-corrected chi connectivity index (χ4v) is 4.42. The number of carboxylic acid groups (broad SMARTS) is 1. The van der Waals surface area contributed by atoms with E-state index in [4.69, 9.17) is 5.11 Å². The van der Waals surface area contributed by atoms with E-state index >= 15 is 0 Å². The van der Waals surface area contributed by atoms with E-state index in [1.165, 1.54) is 21.8 Å². The van der Waals surface area contributed by atoms with Gasteiger partial charge < -0.3 is 20.2 Å². The zero-order valence-electron chi connectivity index (χ0n) is 15.4. The highest BCUT2D eigenvalue weighted by atomic mass is 32.1. The quantitative estimate of drug-likeness (QED) is 0.577. The van der Waals surface area contributed by atoms with Crippen LogP contribution in [0.5, 0.6) is 0 Å². The van der Waals surface area contributed by atoms with Gasteiger partial charge in [-0.1, -0.05) is 41.7 Å². The lowest BCUT2D eigenvalue weighted by atomic mass is 10.1. The number of nitrogens with zero attached hydrogens (tertiary/aromatic N) is 3. The van der Waals surface area contributed by atoms with Crippen molar-refractivity contribution >= 4 is 28.5 Å². The lowest BCUT2D eigenvalue weighted by molar-refractivity contribution is 0.0957. The zero-order valence-corrected chi connectivity index (χ0v) is 16.2. The molecule has 0 saturated heterocycles. The van der Waals surface area contributed by atoms with Crippen molar-refractivity contribution in [2.24, 2.45) is 0 Å². The lowest BCUT2D eigenvalue weighted by Gasteiger charge is -2.20. The van der Waals surface area contributed by atoms with Gasteiger partial charge in [-0.2, -0.15) is 0 Å². The Hall–Kier alpha value is -2.87. The Morgan fingerprint density at radius 1 is 1.11 bits per heavy atom. The lowest BCUT2D eigenvalue weighted by Crippen LogP contribution is -2.32. The Balaban J connectivity index is 1.25. The number of anilines is 1. The Bertz CT molecular complexity index is 891. The summed E-state index contributed by atoms with van der Waals surface area (Å²) < 4.78 is 0. The van der Waals surface area contributed by atoms with E-state index < -0.39 is 6.09 Å². The Morgan fingerprint density at radius 2 is 1.82 bits per heavy atom. The second kappa shape index (κ2) is 8.02. The van der Waals surface area contributed by atoms with Crippen molar-refractivity contribution in [3.8, 4) is 0 Å². The number of carbonyl (C=O) groups is 2. The first-order valence-electron chi connectivity index (χ1n) is 9.30. The van der Waals surface area contributed by atoms with Crippen LogP contribution >= 0.6 is 11.3 Å². The van der Waals surface area contributed by atoms with E-state index in [0.29, 0.717) is 37.6 Å². The normalized spacial score (nSPS) is 15.9. The predicted octanol–water partition coefficient (Wildman–Crippen LogP) is 2.62. The molecule has 2 aromatic rings. The first kappa shape index (κ1) is 18.5. The molecule has 3 heterocycles. The van der Waals surface area contributed by atoms with Crippen LogP contribution in [0.2, 0.25) is 0 Å². The molecular formula is C20H22N4O3S. The highest BCUT2D eigenvalue weighted by Crippen LogP contribution is 2.31. The molecule has 4 rings (SSSR count). The second-order valence-corrected chi connectivity index (χ2v) is 8.06. The predicted molar refractivity (Wildman–Crippen MR) is 108 cm³/mol. The number of amides is 2. The number of benzene rings is 1. The summed E-state index contributed by atoms with van der Waals surface area (Å²) in [4.78, 5) is 32.0. The molecule has 0 fully saturated rings. The van der Waals surface area contributed by atoms with Crippen molar-refractivity contribution in [3.05, 3.63) is 58.1 Å². The number of carbonyl (C=O) groups excluding carboxylic acids is 1. The molecule has 2 aliphatic heterocycles. The third kappa shape index (κ3) is 4.01. The van der Waals surface area contributed by atoms with Crippen molar-refractivity contribution in [2.45, 2.75) is 12.8 Å². The maximum absolute atomic E-state index is 12.4. The van der Waals surface area contributed by atoms with E-state index in [-0.39, 0.29) is 5.91 Å². The van der Waals surface area contributed by atoms with Crippen LogP contribution in [-0.2, 0) is 6.42 Å². The largest absolute Gasteiger partial charge is 0.465 e. The fraction of sp³-hybridized carbons (Fsp3) is 0.350. The maximum atomic E-state index is 12.4. The van der Waals surface area contributed by atoms with Gasteiger partial charge in [-0.05, 0) is 29.6 Å². The molecule has 7 nitrogen and oxygen atoms in total. The summed E-state index contributed by atoms with van der Waals surface area (Å²) in [5.74, 6) is -0.0893. The molecule has 0 unspecified atom stereocenters. The smallest absolute Gasteiger partial charge is 0.407 e. The van der Waals surface area contributed by atoms with Gasteiger partial charge in [0.2, 0.25) is 0 Å². The number of aromatic nitrogens is 1. The van der Waals surface area contributed by atoms with Gasteiger partial charge in [-0.3, -0.25) is 4.79 Å². The van der Waals surface area contributed by atoms with Gasteiger partial charge in [0.15, 0.2) is 5.13 Å². The van der Waals surface area contributed by atoms with Crippen LogP contribution in [0.3, 0.4) is 0 Å². The van der Waals surface area contributed by atoms with Crippen molar-refractivity contribution in [2.75, 3.05) is 37.6 Å². The van der Waals surface area contributed by atoms with Crippen molar-refractivity contribution in [3.63, 3.8) is 0 Å². The summed E-state index contributed by atoms with van der Waals surface area (Å²) in [6.07, 6.45) is 2.58. The molecule has 2 amide bonds. The van der Waals surface area contributed by atoms with E-state index in [1.807, 2.05) is 18.2 Å². The SMILES string of the molecule is O=C(NCCCc1ccccc1)c1cnc(N2CC3=C(CN(C(=O)O)C3)C2)s1. The zero-order chi connectivity index (χ0) is 19.5. The minimum Gasteiger partial charge on any atom is -0.465 e. The van der Waals surface area contributed by atoms with Gasteiger partial charge in [0.05, 0.1) is 6.20 Å². The summed E-state index contributed by atoms with van der Waals surface area (Å²) >= 11 is 1.38. The van der Waals surface area contributed by atoms with Crippen molar-refractivity contribution in [1.29, 1.82) is 0 Å². The van der Waals surface area contributed by atoms with Gasteiger partial charge in [-0.25, -0.2) is 9.78 Å². The summed E-state index contributed by atoms with van der Waals surface area (Å²) in [5, 5.41) is 12.9. The minimum atomic E-state index is -0.874. The van der Waals surface area contributed by atoms with Gasteiger partial charge >= 0.3 is 6.09 Å². The monoisotopic (exact) mass is 398 g/mol. The standard InChI is InChI=1S/C20H22N4O3S/c25-18(21-8-4-7-14-5-2-1-3-6-14)17-9-22-19(28-17)23-10-15-12-24(20(26)27)13-16(15)11-23/h1-3,5-6,9H,4,7-8,10-13H2,(H,21,25)(H,26,27). The number of hydrogen-bond acceptors (Lipinski definition) is 5. The topological polar surface area (TPSA) is 85.8 Å². The van der Waals surface area contributed by atoms with Crippen molar-refractivity contribution in [1.82, 2.24) is 15.2 Å². The molecule has 146 valence electrons. The molecule has 2 N–H and O–H groups in total. The third-order valence-corrected chi connectivity index (χ3v) is 6.11.